The lowest BCUT2D eigenvalue weighted by atomic mass is 10.2. The van der Waals surface area contributed by atoms with Gasteiger partial charge in [-0.15, -0.1) is 11.6 Å². The molecule has 0 atom stereocenters. The SMILES string of the molecule is CCCN(c1ccc(CCl)c(C)n1)C1CC1. The zero-order chi connectivity index (χ0) is 11.5. The molecule has 0 spiro atoms. The maximum atomic E-state index is 5.85. The number of alkyl halides is 1. The summed E-state index contributed by atoms with van der Waals surface area (Å²) in [6.45, 7) is 5.37. The van der Waals surface area contributed by atoms with Crippen molar-refractivity contribution in [1.82, 2.24) is 4.98 Å². The Morgan fingerprint density at radius 3 is 2.69 bits per heavy atom. The number of nitrogens with zero attached hydrogens (tertiary/aromatic N) is 2. The van der Waals surface area contributed by atoms with Crippen LogP contribution >= 0.6 is 11.6 Å². The predicted octanol–water partition coefficient (Wildman–Crippen LogP) is 3.51. The molecule has 2 nitrogen and oxygen atoms in total. The van der Waals surface area contributed by atoms with Gasteiger partial charge in [-0.25, -0.2) is 4.98 Å². The molecule has 1 fully saturated rings. The fraction of sp³-hybridized carbons (Fsp3) is 0.615. The Kier molecular flexibility index (Phi) is 3.70. The standard InChI is InChI=1S/C13H19ClN2/c1-3-8-16(12-5-6-12)13-7-4-11(9-14)10(2)15-13/h4,7,12H,3,5-6,8-9H2,1-2H3. The number of aromatic nitrogens is 1. The Bertz CT molecular complexity index is 361. The highest BCUT2D eigenvalue weighted by Gasteiger charge is 2.29. The topological polar surface area (TPSA) is 16.1 Å². The van der Waals surface area contributed by atoms with E-state index in [9.17, 15) is 0 Å². The number of rotatable bonds is 5. The summed E-state index contributed by atoms with van der Waals surface area (Å²) in [5.41, 5.74) is 2.20. The molecule has 0 aliphatic heterocycles. The molecule has 1 aliphatic rings. The van der Waals surface area contributed by atoms with Crippen molar-refractivity contribution >= 4 is 17.4 Å². The molecule has 0 N–H and O–H groups in total. The van der Waals surface area contributed by atoms with Crippen LogP contribution in [0.2, 0.25) is 0 Å². The monoisotopic (exact) mass is 238 g/mol. The lowest BCUT2D eigenvalue weighted by molar-refractivity contribution is 0.748. The van der Waals surface area contributed by atoms with Crippen LogP contribution in [-0.4, -0.2) is 17.6 Å². The smallest absolute Gasteiger partial charge is 0.129 e. The lowest BCUT2D eigenvalue weighted by Gasteiger charge is -2.23. The van der Waals surface area contributed by atoms with Gasteiger partial charge in [-0.2, -0.15) is 0 Å². The van der Waals surface area contributed by atoms with Gasteiger partial charge in [0.15, 0.2) is 0 Å². The van der Waals surface area contributed by atoms with E-state index in [1.807, 2.05) is 6.92 Å². The van der Waals surface area contributed by atoms with Gasteiger partial charge in [0.1, 0.15) is 5.82 Å². The van der Waals surface area contributed by atoms with Gasteiger partial charge in [0, 0.05) is 24.2 Å². The van der Waals surface area contributed by atoms with E-state index in [0.717, 1.165) is 29.7 Å². The summed E-state index contributed by atoms with van der Waals surface area (Å²) in [6.07, 6.45) is 3.81. The largest absolute Gasteiger partial charge is 0.354 e. The Balaban J connectivity index is 2.20. The quantitative estimate of drug-likeness (QED) is 0.730. The number of halogens is 1. The van der Waals surface area contributed by atoms with Gasteiger partial charge in [0.2, 0.25) is 0 Å². The molecule has 0 unspecified atom stereocenters. The second kappa shape index (κ2) is 5.05. The first-order valence-corrected chi connectivity index (χ1v) is 6.58. The molecule has 3 heteroatoms. The van der Waals surface area contributed by atoms with Crippen molar-refractivity contribution < 1.29 is 0 Å². The summed E-state index contributed by atoms with van der Waals surface area (Å²) < 4.78 is 0. The lowest BCUT2D eigenvalue weighted by Crippen LogP contribution is -2.27. The van der Waals surface area contributed by atoms with Crippen LogP contribution < -0.4 is 4.90 Å². The van der Waals surface area contributed by atoms with Crippen molar-refractivity contribution in [1.29, 1.82) is 0 Å². The number of hydrogen-bond donors (Lipinski definition) is 0. The summed E-state index contributed by atoms with van der Waals surface area (Å²) >= 11 is 5.85. The fourth-order valence-electron chi connectivity index (χ4n) is 1.99. The zero-order valence-electron chi connectivity index (χ0n) is 10.0. The highest BCUT2D eigenvalue weighted by atomic mass is 35.5. The molecular weight excluding hydrogens is 220 g/mol. The molecule has 0 radical (unpaired) electrons. The molecule has 0 saturated heterocycles. The van der Waals surface area contributed by atoms with Crippen LogP contribution in [0.3, 0.4) is 0 Å². The minimum atomic E-state index is 0.552. The van der Waals surface area contributed by atoms with E-state index in [1.54, 1.807) is 0 Å². The Labute approximate surface area is 103 Å². The molecule has 2 rings (SSSR count). The molecule has 1 aliphatic carbocycles. The minimum Gasteiger partial charge on any atom is -0.354 e. The van der Waals surface area contributed by atoms with E-state index >= 15 is 0 Å². The van der Waals surface area contributed by atoms with Crippen LogP contribution in [0.5, 0.6) is 0 Å². The van der Waals surface area contributed by atoms with Crippen molar-refractivity contribution in [3.05, 3.63) is 23.4 Å². The van der Waals surface area contributed by atoms with E-state index in [1.165, 1.54) is 19.3 Å². The van der Waals surface area contributed by atoms with Gasteiger partial charge >= 0.3 is 0 Å². The second-order valence-corrected chi connectivity index (χ2v) is 4.74. The molecule has 0 aromatic carbocycles. The van der Waals surface area contributed by atoms with Gasteiger partial charge in [0.25, 0.3) is 0 Å². The number of pyridine rings is 1. The highest BCUT2D eigenvalue weighted by molar-refractivity contribution is 6.17. The molecular formula is C13H19ClN2. The van der Waals surface area contributed by atoms with Gasteiger partial charge in [-0.05, 0) is 37.8 Å². The van der Waals surface area contributed by atoms with Crippen molar-refractivity contribution in [2.24, 2.45) is 0 Å². The summed E-state index contributed by atoms with van der Waals surface area (Å²) in [6, 6.07) is 4.95. The first kappa shape index (κ1) is 11.7. The maximum absolute atomic E-state index is 5.85. The van der Waals surface area contributed by atoms with Crippen LogP contribution in [0.25, 0.3) is 0 Å². The average molecular weight is 239 g/mol. The Morgan fingerprint density at radius 2 is 2.19 bits per heavy atom. The van der Waals surface area contributed by atoms with Crippen molar-refractivity contribution in [2.45, 2.75) is 45.0 Å². The Morgan fingerprint density at radius 1 is 1.44 bits per heavy atom. The van der Waals surface area contributed by atoms with Gasteiger partial charge in [-0.1, -0.05) is 13.0 Å². The molecule has 16 heavy (non-hydrogen) atoms. The predicted molar refractivity (Wildman–Crippen MR) is 69.2 cm³/mol. The molecule has 88 valence electrons. The van der Waals surface area contributed by atoms with Gasteiger partial charge in [0.05, 0.1) is 0 Å². The fourth-order valence-corrected chi connectivity index (χ4v) is 2.27. The number of aryl methyl sites for hydroxylation is 1. The third kappa shape index (κ3) is 2.49. The summed E-state index contributed by atoms with van der Waals surface area (Å²) in [5, 5.41) is 0. The average Bonchev–Trinajstić information content (AvgIpc) is 3.09. The van der Waals surface area contributed by atoms with E-state index in [0.29, 0.717) is 5.88 Å². The van der Waals surface area contributed by atoms with Crippen LogP contribution in [0.1, 0.15) is 37.4 Å². The third-order valence-corrected chi connectivity index (χ3v) is 3.36. The second-order valence-electron chi connectivity index (χ2n) is 4.47. The van der Waals surface area contributed by atoms with E-state index in [-0.39, 0.29) is 0 Å². The van der Waals surface area contributed by atoms with Crippen LogP contribution in [-0.2, 0) is 5.88 Å². The molecule has 1 aromatic heterocycles. The summed E-state index contributed by atoms with van der Waals surface area (Å²) in [7, 11) is 0. The molecule has 1 heterocycles. The first-order valence-electron chi connectivity index (χ1n) is 6.05. The van der Waals surface area contributed by atoms with Crippen LogP contribution in [0, 0.1) is 6.92 Å². The zero-order valence-corrected chi connectivity index (χ0v) is 10.8. The maximum Gasteiger partial charge on any atom is 0.129 e. The number of anilines is 1. The van der Waals surface area contributed by atoms with Crippen LogP contribution in [0.15, 0.2) is 12.1 Å². The normalized spacial score (nSPS) is 15.2. The molecule has 0 amide bonds. The first-order chi connectivity index (χ1) is 7.76. The molecule has 1 saturated carbocycles. The Hall–Kier alpha value is -0.760. The van der Waals surface area contributed by atoms with Crippen molar-refractivity contribution in [2.75, 3.05) is 11.4 Å². The summed E-state index contributed by atoms with van der Waals surface area (Å²) in [5.74, 6) is 1.67. The minimum absolute atomic E-state index is 0.552. The number of hydrogen-bond acceptors (Lipinski definition) is 2. The molecule has 1 aromatic rings. The van der Waals surface area contributed by atoms with Crippen molar-refractivity contribution in [3.8, 4) is 0 Å². The van der Waals surface area contributed by atoms with E-state index in [4.69, 9.17) is 11.6 Å². The van der Waals surface area contributed by atoms with Crippen molar-refractivity contribution in [3.63, 3.8) is 0 Å². The van der Waals surface area contributed by atoms with E-state index in [2.05, 4.69) is 28.9 Å². The summed E-state index contributed by atoms with van der Waals surface area (Å²) in [4.78, 5) is 7.10. The van der Waals surface area contributed by atoms with Crippen LogP contribution in [0.4, 0.5) is 5.82 Å². The van der Waals surface area contributed by atoms with Gasteiger partial charge in [-0.3, -0.25) is 0 Å². The third-order valence-electron chi connectivity index (χ3n) is 3.07. The molecule has 0 bridgehead atoms. The van der Waals surface area contributed by atoms with Gasteiger partial charge < -0.3 is 4.90 Å². The highest BCUT2D eigenvalue weighted by Crippen LogP contribution is 2.31. The van der Waals surface area contributed by atoms with E-state index < -0.39 is 0 Å².